The quantitative estimate of drug-likeness (QED) is 0.634. The van der Waals surface area contributed by atoms with Gasteiger partial charge in [-0.3, -0.25) is 9.52 Å². The number of carbonyl (C=O) groups excluding carboxylic acids is 1. The fraction of sp³-hybridized carbons (Fsp3) is 0.318. The molecule has 0 unspecified atom stereocenters. The van der Waals surface area contributed by atoms with Gasteiger partial charge in [0.2, 0.25) is 10.0 Å². The van der Waals surface area contributed by atoms with E-state index >= 15 is 0 Å². The summed E-state index contributed by atoms with van der Waals surface area (Å²) in [6.07, 6.45) is 6.21. The predicted molar refractivity (Wildman–Crippen MR) is 115 cm³/mol. The zero-order valence-corrected chi connectivity index (χ0v) is 18.5. The molecule has 2 aromatic carbocycles. The Bertz CT molecular complexity index is 1130. The second kappa shape index (κ2) is 9.35. The van der Waals surface area contributed by atoms with Gasteiger partial charge in [-0.15, -0.1) is 6.42 Å². The Hall–Kier alpha value is -3.12. The summed E-state index contributed by atoms with van der Waals surface area (Å²) in [7, 11) is -3.72. The molecule has 0 saturated heterocycles. The number of sulfonamides is 1. The molecule has 0 radical (unpaired) electrons. The van der Waals surface area contributed by atoms with Crippen molar-refractivity contribution in [1.82, 2.24) is 5.32 Å². The molecule has 0 bridgehead atoms. The van der Waals surface area contributed by atoms with Gasteiger partial charge >= 0.3 is 0 Å². The van der Waals surface area contributed by atoms with E-state index in [-0.39, 0.29) is 35.6 Å². The van der Waals surface area contributed by atoms with Gasteiger partial charge in [-0.05, 0) is 34.7 Å². The van der Waals surface area contributed by atoms with E-state index in [2.05, 4.69) is 11.2 Å². The normalized spacial score (nSPS) is 11.5. The van der Waals surface area contributed by atoms with E-state index in [1.165, 1.54) is 12.1 Å². The molecule has 0 heterocycles. The van der Waals surface area contributed by atoms with Crippen LogP contribution >= 0.6 is 0 Å². The third-order valence-corrected chi connectivity index (χ3v) is 4.78. The van der Waals surface area contributed by atoms with Gasteiger partial charge in [0.1, 0.15) is 17.4 Å². The maximum Gasteiger partial charge on any atom is 0.258 e. The lowest BCUT2D eigenvalue weighted by atomic mass is 9.87. The molecule has 2 rings (SSSR count). The van der Waals surface area contributed by atoms with Gasteiger partial charge in [0.15, 0.2) is 6.61 Å². The van der Waals surface area contributed by atoms with Crippen molar-refractivity contribution in [3.63, 3.8) is 0 Å². The number of hydrogen-bond donors (Lipinski definition) is 2. The van der Waals surface area contributed by atoms with Gasteiger partial charge < -0.3 is 10.1 Å². The Morgan fingerprint density at radius 3 is 2.39 bits per heavy atom. The molecule has 0 saturated carbocycles. The SMILES string of the molecule is C#Cc1cc(CNC(=O)COc2ccc(C(C)(C)C)c(F)c2)cc(F)c1NS(C)(=O)=O. The summed E-state index contributed by atoms with van der Waals surface area (Å²) in [5, 5.41) is 2.53. The molecule has 2 aromatic rings. The molecule has 1 amide bonds. The van der Waals surface area contributed by atoms with E-state index in [0.717, 1.165) is 12.3 Å². The molecule has 2 N–H and O–H groups in total. The third kappa shape index (κ3) is 6.96. The number of rotatable bonds is 7. The second-order valence-electron chi connectivity index (χ2n) is 7.98. The van der Waals surface area contributed by atoms with Crippen molar-refractivity contribution in [2.45, 2.75) is 32.7 Å². The number of ether oxygens (including phenoxy) is 1. The number of benzene rings is 2. The van der Waals surface area contributed by atoms with E-state index in [9.17, 15) is 22.0 Å². The Kier molecular flexibility index (Phi) is 7.28. The first kappa shape index (κ1) is 24.2. The van der Waals surface area contributed by atoms with Crippen molar-refractivity contribution in [3.05, 3.63) is 58.7 Å². The third-order valence-electron chi connectivity index (χ3n) is 4.20. The fourth-order valence-electron chi connectivity index (χ4n) is 2.76. The molecule has 166 valence electrons. The van der Waals surface area contributed by atoms with E-state index < -0.39 is 27.6 Å². The summed E-state index contributed by atoms with van der Waals surface area (Å²) in [6, 6.07) is 6.86. The van der Waals surface area contributed by atoms with Crippen molar-refractivity contribution in [1.29, 1.82) is 0 Å². The molecule has 0 spiro atoms. The molecule has 0 aliphatic heterocycles. The van der Waals surface area contributed by atoms with Crippen LogP contribution in [0, 0.1) is 24.0 Å². The highest BCUT2D eigenvalue weighted by molar-refractivity contribution is 7.92. The van der Waals surface area contributed by atoms with Crippen molar-refractivity contribution in [2.24, 2.45) is 0 Å². The van der Waals surface area contributed by atoms with Crippen LogP contribution in [0.4, 0.5) is 14.5 Å². The van der Waals surface area contributed by atoms with Crippen LogP contribution in [0.15, 0.2) is 30.3 Å². The lowest BCUT2D eigenvalue weighted by Gasteiger charge is -2.20. The van der Waals surface area contributed by atoms with Crippen LogP contribution in [-0.2, 0) is 26.8 Å². The number of hydrogen-bond acceptors (Lipinski definition) is 4. The molecule has 0 aliphatic rings. The number of carbonyl (C=O) groups is 1. The average Bonchev–Trinajstić information content (AvgIpc) is 2.64. The lowest BCUT2D eigenvalue weighted by molar-refractivity contribution is -0.123. The highest BCUT2D eigenvalue weighted by Gasteiger charge is 2.19. The van der Waals surface area contributed by atoms with E-state index in [0.29, 0.717) is 11.1 Å². The molecule has 9 heteroatoms. The molecular weight excluding hydrogens is 426 g/mol. The molecular formula is C22H24F2N2O4S. The van der Waals surface area contributed by atoms with Crippen LogP contribution in [0.1, 0.15) is 37.5 Å². The van der Waals surface area contributed by atoms with Gasteiger partial charge in [0, 0.05) is 12.6 Å². The minimum atomic E-state index is -3.72. The maximum atomic E-state index is 14.3. The van der Waals surface area contributed by atoms with Crippen molar-refractivity contribution < 1.29 is 26.7 Å². The summed E-state index contributed by atoms with van der Waals surface area (Å²) < 4.78 is 58.6. The van der Waals surface area contributed by atoms with Gasteiger partial charge in [0.25, 0.3) is 5.91 Å². The number of nitrogens with one attached hydrogen (secondary N) is 2. The Labute approximate surface area is 181 Å². The molecule has 6 nitrogen and oxygen atoms in total. The summed E-state index contributed by atoms with van der Waals surface area (Å²) in [5.74, 6) is 0.617. The van der Waals surface area contributed by atoms with Gasteiger partial charge in [-0.25, -0.2) is 17.2 Å². The minimum absolute atomic E-state index is 0.000312. The number of anilines is 1. The van der Waals surface area contributed by atoms with Gasteiger partial charge in [0.05, 0.1) is 17.5 Å². The molecule has 0 aromatic heterocycles. The largest absolute Gasteiger partial charge is 0.484 e. The van der Waals surface area contributed by atoms with Crippen molar-refractivity contribution >= 4 is 21.6 Å². The Morgan fingerprint density at radius 2 is 1.84 bits per heavy atom. The van der Waals surface area contributed by atoms with Gasteiger partial charge in [-0.1, -0.05) is 32.8 Å². The highest BCUT2D eigenvalue weighted by Crippen LogP contribution is 2.27. The first-order valence-electron chi connectivity index (χ1n) is 9.26. The highest BCUT2D eigenvalue weighted by atomic mass is 32.2. The number of terminal acetylenes is 1. The molecule has 0 fully saturated rings. The van der Waals surface area contributed by atoms with Crippen LogP contribution in [0.5, 0.6) is 5.75 Å². The smallest absolute Gasteiger partial charge is 0.258 e. The Balaban J connectivity index is 2.00. The van der Waals surface area contributed by atoms with Crippen LogP contribution in [-0.4, -0.2) is 27.2 Å². The second-order valence-corrected chi connectivity index (χ2v) is 9.72. The lowest BCUT2D eigenvalue weighted by Crippen LogP contribution is -2.28. The standard InChI is InChI=1S/C22H24F2N2O4S/c1-6-15-9-14(10-19(24)21(15)26-31(5,28)29)12-25-20(27)13-30-16-7-8-17(18(23)11-16)22(2,3)4/h1,7-11,26H,12-13H2,2-5H3,(H,25,27). The van der Waals surface area contributed by atoms with Crippen molar-refractivity contribution in [3.8, 4) is 18.1 Å². The van der Waals surface area contributed by atoms with E-state index in [4.69, 9.17) is 11.2 Å². The first-order chi connectivity index (χ1) is 14.3. The minimum Gasteiger partial charge on any atom is -0.484 e. The summed E-state index contributed by atoms with van der Waals surface area (Å²) in [4.78, 5) is 12.0. The zero-order valence-electron chi connectivity index (χ0n) is 17.7. The topological polar surface area (TPSA) is 84.5 Å². The maximum absolute atomic E-state index is 14.3. The molecule has 0 aliphatic carbocycles. The molecule has 0 atom stereocenters. The zero-order chi connectivity index (χ0) is 23.4. The predicted octanol–water partition coefficient (Wildman–Crippen LogP) is 3.31. The average molecular weight is 451 g/mol. The van der Waals surface area contributed by atoms with Crippen LogP contribution < -0.4 is 14.8 Å². The van der Waals surface area contributed by atoms with E-state index in [1.807, 2.05) is 25.5 Å². The van der Waals surface area contributed by atoms with Crippen LogP contribution in [0.2, 0.25) is 0 Å². The summed E-state index contributed by atoms with van der Waals surface area (Å²) >= 11 is 0. The Morgan fingerprint density at radius 1 is 1.16 bits per heavy atom. The first-order valence-corrected chi connectivity index (χ1v) is 11.2. The fourth-order valence-corrected chi connectivity index (χ4v) is 3.34. The van der Waals surface area contributed by atoms with Crippen LogP contribution in [0.25, 0.3) is 0 Å². The van der Waals surface area contributed by atoms with E-state index in [1.54, 1.807) is 12.1 Å². The summed E-state index contributed by atoms with van der Waals surface area (Å²) in [5.41, 5.74) is 0.172. The van der Waals surface area contributed by atoms with Crippen LogP contribution in [0.3, 0.4) is 0 Å². The monoisotopic (exact) mass is 450 g/mol. The molecule has 31 heavy (non-hydrogen) atoms. The van der Waals surface area contributed by atoms with Crippen molar-refractivity contribution in [2.75, 3.05) is 17.6 Å². The van der Waals surface area contributed by atoms with Gasteiger partial charge in [-0.2, -0.15) is 0 Å². The number of halogens is 2. The summed E-state index contributed by atoms with van der Waals surface area (Å²) in [6.45, 7) is 5.23. The number of amides is 1.